The molecule has 0 saturated carbocycles. The number of thioether (sulfide) groups is 1. The van der Waals surface area contributed by atoms with Gasteiger partial charge < -0.3 is 10.2 Å². The Morgan fingerprint density at radius 2 is 2.13 bits per heavy atom. The molecule has 0 aliphatic carbocycles. The first-order chi connectivity index (χ1) is 11.1. The van der Waals surface area contributed by atoms with Gasteiger partial charge in [0.1, 0.15) is 5.01 Å². The number of benzene rings is 1. The number of para-hydroxylation sites is 1. The van der Waals surface area contributed by atoms with Crippen molar-refractivity contribution in [2.24, 2.45) is 0 Å². The summed E-state index contributed by atoms with van der Waals surface area (Å²) in [4.78, 5) is 19.9. The van der Waals surface area contributed by atoms with Gasteiger partial charge in [0.25, 0.3) is 0 Å². The zero-order chi connectivity index (χ0) is 16.4. The predicted molar refractivity (Wildman–Crippen MR) is 97.3 cm³/mol. The average Bonchev–Trinajstić information content (AvgIpc) is 2.98. The van der Waals surface area contributed by atoms with E-state index >= 15 is 0 Å². The number of rotatable bonds is 4. The van der Waals surface area contributed by atoms with Crippen molar-refractivity contribution < 1.29 is 4.79 Å². The van der Waals surface area contributed by atoms with Crippen LogP contribution in [0.3, 0.4) is 0 Å². The smallest absolute Gasteiger partial charge is 0.226 e. The third-order valence-corrected chi connectivity index (χ3v) is 6.44. The minimum absolute atomic E-state index is 0.00704. The number of thiazole rings is 1. The Hall–Kier alpha value is -1.53. The summed E-state index contributed by atoms with van der Waals surface area (Å²) in [5.41, 5.74) is 2.32. The summed E-state index contributed by atoms with van der Waals surface area (Å²) >= 11 is 3.50. The molecule has 0 radical (unpaired) electrons. The molecule has 1 aromatic heterocycles. The maximum Gasteiger partial charge on any atom is 0.226 e. The Morgan fingerprint density at radius 3 is 2.91 bits per heavy atom. The second-order valence-electron chi connectivity index (χ2n) is 5.74. The average molecular weight is 348 g/mol. The summed E-state index contributed by atoms with van der Waals surface area (Å²) in [5.74, 6) is 0.00704. The Morgan fingerprint density at radius 1 is 1.35 bits per heavy atom. The quantitative estimate of drug-likeness (QED) is 0.921. The van der Waals surface area contributed by atoms with Crippen LogP contribution in [0.25, 0.3) is 0 Å². The van der Waals surface area contributed by atoms with Crippen LogP contribution >= 0.6 is 23.1 Å². The molecule has 1 aliphatic rings. The van der Waals surface area contributed by atoms with Crippen LogP contribution in [-0.2, 0) is 17.8 Å². The van der Waals surface area contributed by atoms with Crippen molar-refractivity contribution >= 4 is 34.7 Å². The Balaban J connectivity index is 1.80. The number of aromatic nitrogens is 1. The van der Waals surface area contributed by atoms with Crippen molar-refractivity contribution in [2.75, 3.05) is 11.9 Å². The van der Waals surface area contributed by atoms with E-state index < -0.39 is 0 Å². The van der Waals surface area contributed by atoms with Crippen molar-refractivity contribution in [3.8, 4) is 0 Å². The van der Waals surface area contributed by atoms with Gasteiger partial charge in [-0.05, 0) is 19.1 Å². The van der Waals surface area contributed by atoms with Gasteiger partial charge >= 0.3 is 0 Å². The monoisotopic (exact) mass is 347 g/mol. The van der Waals surface area contributed by atoms with Gasteiger partial charge in [0.2, 0.25) is 5.91 Å². The van der Waals surface area contributed by atoms with Gasteiger partial charge in [-0.2, -0.15) is 0 Å². The number of hydrogen-bond donors (Lipinski definition) is 1. The summed E-state index contributed by atoms with van der Waals surface area (Å²) in [6.45, 7) is 5.33. The van der Waals surface area contributed by atoms with Crippen molar-refractivity contribution in [3.63, 3.8) is 0 Å². The minimum Gasteiger partial charge on any atom is -0.361 e. The highest BCUT2D eigenvalue weighted by atomic mass is 32.2. The van der Waals surface area contributed by atoms with Crippen LogP contribution in [0.5, 0.6) is 0 Å². The summed E-state index contributed by atoms with van der Waals surface area (Å²) in [6, 6.07) is 9.00. The van der Waals surface area contributed by atoms with Crippen molar-refractivity contribution in [2.45, 2.75) is 43.0 Å². The summed E-state index contributed by atoms with van der Waals surface area (Å²) in [6.07, 6.45) is 0.361. The fraction of sp³-hybridized carbons (Fsp3) is 0.412. The largest absolute Gasteiger partial charge is 0.361 e. The summed E-state index contributed by atoms with van der Waals surface area (Å²) in [5, 5.41) is 6.12. The Kier molecular flexibility index (Phi) is 4.92. The lowest BCUT2D eigenvalue weighted by atomic mass is 10.1. The number of amides is 1. The molecule has 6 heteroatoms. The molecule has 0 saturated heterocycles. The molecule has 1 amide bonds. The third-order valence-electron chi connectivity index (χ3n) is 4.18. The molecule has 2 aromatic rings. The third kappa shape index (κ3) is 3.53. The second-order valence-corrected chi connectivity index (χ2v) is 8.10. The molecule has 3 rings (SSSR count). The fourth-order valence-electron chi connectivity index (χ4n) is 2.70. The molecule has 1 aromatic carbocycles. The number of anilines is 1. The molecule has 0 bridgehead atoms. The Bertz CT molecular complexity index is 701. The van der Waals surface area contributed by atoms with E-state index in [1.807, 2.05) is 11.8 Å². The normalized spacial score (nSPS) is 20.2. The number of likely N-dealkylation sites (N-methyl/N-ethyl adjacent to an activating group) is 1. The molecule has 1 aliphatic heterocycles. The summed E-state index contributed by atoms with van der Waals surface area (Å²) < 4.78 is 0. The van der Waals surface area contributed by atoms with E-state index in [0.717, 1.165) is 17.2 Å². The SMILES string of the molecule is CNC(=O)Cc1nc(CN2c3ccccc3SC(C)C2C)cs1. The van der Waals surface area contributed by atoms with E-state index in [1.54, 1.807) is 18.4 Å². The maximum absolute atomic E-state index is 11.5. The van der Waals surface area contributed by atoms with E-state index in [4.69, 9.17) is 0 Å². The number of carbonyl (C=O) groups is 1. The zero-order valence-corrected chi connectivity index (χ0v) is 15.2. The second kappa shape index (κ2) is 6.93. The van der Waals surface area contributed by atoms with Crippen molar-refractivity contribution in [3.05, 3.63) is 40.3 Å². The van der Waals surface area contributed by atoms with E-state index in [2.05, 4.69) is 58.7 Å². The van der Waals surface area contributed by atoms with Gasteiger partial charge in [-0.1, -0.05) is 19.1 Å². The van der Waals surface area contributed by atoms with Crippen LogP contribution in [0.4, 0.5) is 5.69 Å². The summed E-state index contributed by atoms with van der Waals surface area (Å²) in [7, 11) is 1.66. The lowest BCUT2D eigenvalue weighted by molar-refractivity contribution is -0.119. The molecule has 0 spiro atoms. The molecular formula is C17H21N3OS2. The molecular weight excluding hydrogens is 326 g/mol. The molecule has 2 unspecified atom stereocenters. The number of nitrogens with one attached hydrogen (secondary N) is 1. The number of fused-ring (bicyclic) bond motifs is 1. The number of nitrogens with zero attached hydrogens (tertiary/aromatic N) is 2. The highest BCUT2D eigenvalue weighted by Gasteiger charge is 2.29. The molecule has 0 fully saturated rings. The van der Waals surface area contributed by atoms with E-state index in [0.29, 0.717) is 17.7 Å². The maximum atomic E-state index is 11.5. The molecule has 2 atom stereocenters. The molecule has 4 nitrogen and oxygen atoms in total. The van der Waals surface area contributed by atoms with Gasteiger partial charge in [-0.15, -0.1) is 23.1 Å². The highest BCUT2D eigenvalue weighted by molar-refractivity contribution is 8.00. The molecule has 2 heterocycles. The highest BCUT2D eigenvalue weighted by Crippen LogP contribution is 2.41. The lowest BCUT2D eigenvalue weighted by Crippen LogP contribution is -2.41. The molecule has 122 valence electrons. The molecule has 1 N–H and O–H groups in total. The van der Waals surface area contributed by atoms with Gasteiger partial charge in [-0.3, -0.25) is 4.79 Å². The van der Waals surface area contributed by atoms with Gasteiger partial charge in [0.05, 0.1) is 24.3 Å². The first-order valence-corrected chi connectivity index (χ1v) is 9.50. The predicted octanol–water partition coefficient (Wildman–Crippen LogP) is 3.32. The fourth-order valence-corrected chi connectivity index (χ4v) is 4.69. The van der Waals surface area contributed by atoms with Crippen LogP contribution in [0, 0.1) is 0 Å². The topological polar surface area (TPSA) is 45.2 Å². The lowest BCUT2D eigenvalue weighted by Gasteiger charge is -2.40. The molecule has 23 heavy (non-hydrogen) atoms. The van der Waals surface area contributed by atoms with Gasteiger partial charge in [-0.25, -0.2) is 4.98 Å². The van der Waals surface area contributed by atoms with Gasteiger partial charge in [0, 0.05) is 28.6 Å². The van der Waals surface area contributed by atoms with E-state index in [9.17, 15) is 4.79 Å². The standard InChI is InChI=1S/C17H21N3OS2/c1-11-12(2)23-15-7-5-4-6-14(15)20(11)9-13-10-22-17(19-13)8-16(21)18-3/h4-7,10-12H,8-9H2,1-3H3,(H,18,21). The van der Waals surface area contributed by atoms with Crippen LogP contribution in [0.15, 0.2) is 34.5 Å². The van der Waals surface area contributed by atoms with Crippen molar-refractivity contribution in [1.82, 2.24) is 10.3 Å². The van der Waals surface area contributed by atoms with E-state index in [1.165, 1.54) is 10.6 Å². The van der Waals surface area contributed by atoms with Gasteiger partial charge in [0.15, 0.2) is 0 Å². The first-order valence-electron chi connectivity index (χ1n) is 7.74. The van der Waals surface area contributed by atoms with Crippen molar-refractivity contribution in [1.29, 1.82) is 0 Å². The zero-order valence-electron chi connectivity index (χ0n) is 13.6. The first kappa shape index (κ1) is 16.3. The van der Waals surface area contributed by atoms with Crippen LogP contribution in [-0.4, -0.2) is 29.2 Å². The minimum atomic E-state index is 0.00704. The number of hydrogen-bond acceptors (Lipinski definition) is 5. The Labute approximate surface area is 145 Å². The van der Waals surface area contributed by atoms with Crippen LogP contribution in [0.1, 0.15) is 24.5 Å². The van der Waals surface area contributed by atoms with Crippen LogP contribution in [0.2, 0.25) is 0 Å². The number of carbonyl (C=O) groups excluding carboxylic acids is 1. The van der Waals surface area contributed by atoms with E-state index in [-0.39, 0.29) is 5.91 Å². The van der Waals surface area contributed by atoms with Crippen LogP contribution < -0.4 is 10.2 Å².